The van der Waals surface area contributed by atoms with Crippen molar-refractivity contribution in [1.29, 1.82) is 0 Å². The van der Waals surface area contributed by atoms with Crippen molar-refractivity contribution in [3.63, 3.8) is 0 Å². The third-order valence-corrected chi connectivity index (χ3v) is 2.02. The number of rotatable bonds is 6. The van der Waals surface area contributed by atoms with Crippen LogP contribution in [-0.4, -0.2) is 35.8 Å². The average Bonchev–Trinajstić information content (AvgIpc) is 2.22. The molecule has 0 saturated heterocycles. The minimum absolute atomic E-state index is 0.00944. The minimum atomic E-state index is -0.511. The molecular weight excluding hydrogens is 208 g/mol. The van der Waals surface area contributed by atoms with Crippen molar-refractivity contribution in [2.45, 2.75) is 33.1 Å². The summed E-state index contributed by atoms with van der Waals surface area (Å²) in [6.07, 6.45) is 0.953. The van der Waals surface area contributed by atoms with Gasteiger partial charge in [-0.1, -0.05) is 6.92 Å². The second-order valence-electron chi connectivity index (χ2n) is 3.41. The van der Waals surface area contributed by atoms with E-state index in [0.29, 0.717) is 6.54 Å². The minimum Gasteiger partial charge on any atom is -0.370 e. The molecule has 0 saturated carbocycles. The van der Waals surface area contributed by atoms with E-state index in [1.807, 2.05) is 18.7 Å². The molecule has 0 fully saturated rings. The molecule has 0 aliphatic heterocycles. The van der Waals surface area contributed by atoms with Crippen LogP contribution in [-0.2, 0) is 9.59 Å². The van der Waals surface area contributed by atoms with Gasteiger partial charge in [-0.15, -0.1) is 0 Å². The monoisotopic (exact) mass is 228 g/mol. The maximum Gasteiger partial charge on any atom is 0.249 e. The number of amides is 2. The number of primary amides is 1. The first-order valence-electron chi connectivity index (χ1n) is 5.41. The Labute approximate surface area is 95.7 Å². The molecule has 0 atom stereocenters. The Bertz CT molecular complexity index is 276. The normalized spacial score (nSPS) is 11.2. The van der Waals surface area contributed by atoms with Crippen molar-refractivity contribution in [3.05, 3.63) is 0 Å². The SMILES string of the molecule is CCCN(CC)/C(N)=N/C(=O)CCC(N)=O. The molecule has 2 amide bonds. The van der Waals surface area contributed by atoms with E-state index in [2.05, 4.69) is 4.99 Å². The summed E-state index contributed by atoms with van der Waals surface area (Å²) in [5.74, 6) is -0.715. The summed E-state index contributed by atoms with van der Waals surface area (Å²) in [4.78, 5) is 27.3. The summed E-state index contributed by atoms with van der Waals surface area (Å²) in [6, 6.07) is 0. The lowest BCUT2D eigenvalue weighted by Gasteiger charge is -2.20. The van der Waals surface area contributed by atoms with Gasteiger partial charge < -0.3 is 16.4 Å². The van der Waals surface area contributed by atoms with Crippen molar-refractivity contribution in [1.82, 2.24) is 4.90 Å². The molecule has 0 aromatic carbocycles. The van der Waals surface area contributed by atoms with Crippen molar-refractivity contribution in [2.24, 2.45) is 16.5 Å². The molecule has 0 unspecified atom stereocenters. The summed E-state index contributed by atoms with van der Waals surface area (Å²) < 4.78 is 0. The average molecular weight is 228 g/mol. The van der Waals surface area contributed by atoms with Gasteiger partial charge in [0, 0.05) is 25.9 Å². The van der Waals surface area contributed by atoms with Crippen LogP contribution in [0.4, 0.5) is 0 Å². The Balaban J connectivity index is 4.27. The van der Waals surface area contributed by atoms with Crippen LogP contribution in [0.3, 0.4) is 0 Å². The molecule has 16 heavy (non-hydrogen) atoms. The predicted octanol–water partition coefficient (Wildman–Crippen LogP) is -0.175. The fourth-order valence-electron chi connectivity index (χ4n) is 1.19. The van der Waals surface area contributed by atoms with Crippen LogP contribution in [0.25, 0.3) is 0 Å². The Morgan fingerprint density at radius 3 is 2.25 bits per heavy atom. The lowest BCUT2D eigenvalue weighted by molar-refractivity contribution is -0.123. The third-order valence-electron chi connectivity index (χ3n) is 2.02. The van der Waals surface area contributed by atoms with E-state index in [-0.39, 0.29) is 18.8 Å². The molecule has 4 N–H and O–H groups in total. The summed E-state index contributed by atoms with van der Waals surface area (Å²) in [5, 5.41) is 0. The van der Waals surface area contributed by atoms with Crippen molar-refractivity contribution in [2.75, 3.05) is 13.1 Å². The first-order valence-corrected chi connectivity index (χ1v) is 5.41. The maximum atomic E-state index is 11.3. The largest absolute Gasteiger partial charge is 0.370 e. The highest BCUT2D eigenvalue weighted by Gasteiger charge is 2.08. The quantitative estimate of drug-likeness (QED) is 0.486. The number of hydrogen-bond acceptors (Lipinski definition) is 2. The molecule has 6 heteroatoms. The van der Waals surface area contributed by atoms with Gasteiger partial charge in [0.25, 0.3) is 0 Å². The molecule has 0 spiro atoms. The van der Waals surface area contributed by atoms with Gasteiger partial charge in [-0.3, -0.25) is 9.59 Å². The van der Waals surface area contributed by atoms with Gasteiger partial charge in [0.2, 0.25) is 11.8 Å². The van der Waals surface area contributed by atoms with Gasteiger partial charge in [-0.2, -0.15) is 4.99 Å². The molecule has 0 aromatic rings. The van der Waals surface area contributed by atoms with E-state index >= 15 is 0 Å². The lowest BCUT2D eigenvalue weighted by Crippen LogP contribution is -2.38. The molecule has 0 rings (SSSR count). The summed E-state index contributed by atoms with van der Waals surface area (Å²) in [5.41, 5.74) is 10.6. The maximum absolute atomic E-state index is 11.3. The molecular formula is C10H20N4O2. The number of carbonyl (C=O) groups is 2. The van der Waals surface area contributed by atoms with E-state index < -0.39 is 11.8 Å². The van der Waals surface area contributed by atoms with Crippen LogP contribution in [0, 0.1) is 0 Å². The molecule has 6 nitrogen and oxygen atoms in total. The van der Waals surface area contributed by atoms with Crippen LogP contribution in [0.2, 0.25) is 0 Å². The summed E-state index contributed by atoms with van der Waals surface area (Å²) >= 11 is 0. The first-order chi connectivity index (χ1) is 7.51. The molecule has 0 aromatic heterocycles. The van der Waals surface area contributed by atoms with Gasteiger partial charge >= 0.3 is 0 Å². The van der Waals surface area contributed by atoms with Gasteiger partial charge in [0.05, 0.1) is 0 Å². The van der Waals surface area contributed by atoms with Crippen molar-refractivity contribution >= 4 is 17.8 Å². The molecule has 0 radical (unpaired) electrons. The fraction of sp³-hybridized carbons (Fsp3) is 0.700. The topological polar surface area (TPSA) is 102 Å². The van der Waals surface area contributed by atoms with Crippen LogP contribution >= 0.6 is 0 Å². The Morgan fingerprint density at radius 1 is 1.19 bits per heavy atom. The molecule has 92 valence electrons. The standard InChI is InChI=1S/C10H20N4O2/c1-3-7-14(4-2)10(12)13-9(16)6-5-8(11)15/h3-7H2,1-2H3,(H2,11,15)(H2,12,13,16). The number of carbonyl (C=O) groups excluding carboxylic acids is 2. The van der Waals surface area contributed by atoms with E-state index in [1.165, 1.54) is 0 Å². The van der Waals surface area contributed by atoms with E-state index in [0.717, 1.165) is 13.0 Å². The van der Waals surface area contributed by atoms with E-state index in [4.69, 9.17) is 11.5 Å². The molecule has 0 heterocycles. The van der Waals surface area contributed by atoms with Crippen molar-refractivity contribution < 1.29 is 9.59 Å². The smallest absolute Gasteiger partial charge is 0.249 e. The molecule has 0 aliphatic rings. The fourth-order valence-corrected chi connectivity index (χ4v) is 1.19. The number of nitrogens with zero attached hydrogens (tertiary/aromatic N) is 2. The lowest BCUT2D eigenvalue weighted by atomic mass is 10.3. The van der Waals surface area contributed by atoms with Crippen molar-refractivity contribution in [3.8, 4) is 0 Å². The second kappa shape index (κ2) is 7.67. The van der Waals surface area contributed by atoms with Crippen LogP contribution < -0.4 is 11.5 Å². The number of nitrogens with two attached hydrogens (primary N) is 2. The highest BCUT2D eigenvalue weighted by Crippen LogP contribution is 1.95. The zero-order valence-corrected chi connectivity index (χ0v) is 9.90. The summed E-state index contributed by atoms with van der Waals surface area (Å²) in [6.45, 7) is 5.41. The van der Waals surface area contributed by atoms with Crippen LogP contribution in [0.15, 0.2) is 4.99 Å². The first kappa shape index (κ1) is 14.4. The third kappa shape index (κ3) is 6.00. The molecule has 0 aliphatic carbocycles. The van der Waals surface area contributed by atoms with Gasteiger partial charge in [0.15, 0.2) is 5.96 Å². The van der Waals surface area contributed by atoms with Crippen LogP contribution in [0.5, 0.6) is 0 Å². The van der Waals surface area contributed by atoms with Gasteiger partial charge in [-0.25, -0.2) is 0 Å². The number of guanidine groups is 1. The Morgan fingerprint density at radius 2 is 1.81 bits per heavy atom. The second-order valence-corrected chi connectivity index (χ2v) is 3.41. The molecule has 0 bridgehead atoms. The highest BCUT2D eigenvalue weighted by molar-refractivity contribution is 5.93. The highest BCUT2D eigenvalue weighted by atomic mass is 16.2. The number of aliphatic imine (C=N–C) groups is 1. The van der Waals surface area contributed by atoms with Crippen LogP contribution in [0.1, 0.15) is 33.1 Å². The predicted molar refractivity (Wildman–Crippen MR) is 62.6 cm³/mol. The van der Waals surface area contributed by atoms with Gasteiger partial charge in [0.1, 0.15) is 0 Å². The summed E-state index contributed by atoms with van der Waals surface area (Å²) in [7, 11) is 0. The van der Waals surface area contributed by atoms with E-state index in [1.54, 1.807) is 0 Å². The van der Waals surface area contributed by atoms with Gasteiger partial charge in [-0.05, 0) is 13.3 Å². The zero-order valence-electron chi connectivity index (χ0n) is 9.90. The van der Waals surface area contributed by atoms with E-state index in [9.17, 15) is 9.59 Å². The Hall–Kier alpha value is -1.59. The number of hydrogen-bond donors (Lipinski definition) is 2. The Kier molecular flexibility index (Phi) is 6.91. The zero-order chi connectivity index (χ0) is 12.6.